The minimum atomic E-state index is -0.671. The number of halogens is 2. The van der Waals surface area contributed by atoms with E-state index in [1.54, 1.807) is 11.4 Å². The van der Waals surface area contributed by atoms with Crippen LogP contribution in [0.2, 0.25) is 5.02 Å². The van der Waals surface area contributed by atoms with Crippen LogP contribution >= 0.6 is 22.9 Å². The first-order valence-electron chi connectivity index (χ1n) is 3.24. The van der Waals surface area contributed by atoms with Crippen LogP contribution in [0.15, 0.2) is 17.5 Å². The molecule has 1 aromatic carbocycles. The number of benzene rings is 1. The summed E-state index contributed by atoms with van der Waals surface area (Å²) in [6.45, 7) is 0. The van der Waals surface area contributed by atoms with Gasteiger partial charge in [0.15, 0.2) is 11.6 Å². The Labute approximate surface area is 77.0 Å². The highest BCUT2D eigenvalue weighted by Crippen LogP contribution is 2.36. The molecule has 0 aliphatic rings. The Morgan fingerprint density at radius 3 is 3.00 bits per heavy atom. The van der Waals surface area contributed by atoms with Gasteiger partial charge in [-0.25, -0.2) is 4.39 Å². The number of aromatic hydroxyl groups is 1. The number of fused-ring (bicyclic) bond motifs is 1. The van der Waals surface area contributed by atoms with E-state index in [1.807, 2.05) is 0 Å². The van der Waals surface area contributed by atoms with Crippen molar-refractivity contribution in [3.8, 4) is 5.75 Å². The van der Waals surface area contributed by atoms with Crippen molar-refractivity contribution in [3.63, 3.8) is 0 Å². The van der Waals surface area contributed by atoms with Gasteiger partial charge in [0, 0.05) is 10.1 Å². The van der Waals surface area contributed by atoms with Gasteiger partial charge >= 0.3 is 0 Å². The molecule has 0 saturated carbocycles. The number of hydrogen-bond donors (Lipinski definition) is 1. The summed E-state index contributed by atoms with van der Waals surface area (Å²) >= 11 is 7.08. The highest BCUT2D eigenvalue weighted by atomic mass is 35.5. The van der Waals surface area contributed by atoms with Crippen LogP contribution in [0.5, 0.6) is 5.75 Å². The zero-order chi connectivity index (χ0) is 8.72. The summed E-state index contributed by atoms with van der Waals surface area (Å²) in [7, 11) is 0. The van der Waals surface area contributed by atoms with Gasteiger partial charge in [0.05, 0.1) is 5.02 Å². The molecule has 0 fully saturated rings. The van der Waals surface area contributed by atoms with Crippen molar-refractivity contribution >= 4 is 33.0 Å². The topological polar surface area (TPSA) is 20.2 Å². The van der Waals surface area contributed by atoms with Gasteiger partial charge in [-0.15, -0.1) is 11.3 Å². The minimum absolute atomic E-state index is 0.0891. The fourth-order valence-corrected chi connectivity index (χ4v) is 2.16. The van der Waals surface area contributed by atoms with Gasteiger partial charge in [-0.2, -0.15) is 0 Å². The van der Waals surface area contributed by atoms with Crippen LogP contribution in [0.3, 0.4) is 0 Å². The van der Waals surface area contributed by atoms with Crippen LogP contribution in [-0.4, -0.2) is 5.11 Å². The molecule has 0 radical (unpaired) electrons. The molecule has 0 aliphatic carbocycles. The summed E-state index contributed by atoms with van der Waals surface area (Å²) in [6, 6.07) is 3.03. The molecule has 62 valence electrons. The van der Waals surface area contributed by atoms with Gasteiger partial charge in [-0.05, 0) is 17.5 Å². The van der Waals surface area contributed by atoms with Gasteiger partial charge in [-0.1, -0.05) is 11.6 Å². The molecule has 0 bridgehead atoms. The monoisotopic (exact) mass is 202 g/mol. The highest BCUT2D eigenvalue weighted by Gasteiger charge is 2.10. The maximum atomic E-state index is 12.9. The summed E-state index contributed by atoms with van der Waals surface area (Å²) < 4.78 is 13.6. The summed E-state index contributed by atoms with van der Waals surface area (Å²) in [5.41, 5.74) is 0. The average Bonchev–Trinajstić information content (AvgIpc) is 2.48. The van der Waals surface area contributed by atoms with E-state index in [-0.39, 0.29) is 5.02 Å². The third-order valence-corrected chi connectivity index (χ3v) is 2.87. The van der Waals surface area contributed by atoms with E-state index in [4.69, 9.17) is 16.7 Å². The fourth-order valence-electron chi connectivity index (χ4n) is 1.03. The van der Waals surface area contributed by atoms with Crippen molar-refractivity contribution in [1.29, 1.82) is 0 Å². The largest absolute Gasteiger partial charge is 0.504 e. The molecule has 0 unspecified atom stereocenters. The van der Waals surface area contributed by atoms with Crippen LogP contribution in [0.4, 0.5) is 4.39 Å². The van der Waals surface area contributed by atoms with Crippen LogP contribution in [0.25, 0.3) is 10.1 Å². The summed E-state index contributed by atoms with van der Waals surface area (Å²) in [4.78, 5) is 0. The van der Waals surface area contributed by atoms with Crippen LogP contribution < -0.4 is 0 Å². The zero-order valence-electron chi connectivity index (χ0n) is 5.84. The molecule has 4 heteroatoms. The Morgan fingerprint density at radius 2 is 2.25 bits per heavy atom. The smallest absolute Gasteiger partial charge is 0.170 e. The molecule has 2 rings (SSSR count). The first-order chi connectivity index (χ1) is 5.70. The van der Waals surface area contributed by atoms with E-state index in [1.165, 1.54) is 17.4 Å². The van der Waals surface area contributed by atoms with Gasteiger partial charge in [0.1, 0.15) is 0 Å². The van der Waals surface area contributed by atoms with E-state index < -0.39 is 11.6 Å². The molecule has 0 atom stereocenters. The Kier molecular flexibility index (Phi) is 1.70. The lowest BCUT2D eigenvalue weighted by Gasteiger charge is -1.98. The Bertz CT molecular complexity index is 438. The third-order valence-electron chi connectivity index (χ3n) is 1.62. The third kappa shape index (κ3) is 0.974. The molecule has 1 heterocycles. The second-order valence-corrected chi connectivity index (χ2v) is 3.68. The molecule has 12 heavy (non-hydrogen) atoms. The van der Waals surface area contributed by atoms with Crippen molar-refractivity contribution in [1.82, 2.24) is 0 Å². The first kappa shape index (κ1) is 7.83. The number of phenols is 1. The first-order valence-corrected chi connectivity index (χ1v) is 4.50. The average molecular weight is 203 g/mol. The molecule has 0 aliphatic heterocycles. The molecular weight excluding hydrogens is 199 g/mol. The van der Waals surface area contributed by atoms with Crippen molar-refractivity contribution in [2.75, 3.05) is 0 Å². The van der Waals surface area contributed by atoms with Crippen LogP contribution in [0, 0.1) is 5.82 Å². The number of hydrogen-bond acceptors (Lipinski definition) is 2. The molecule has 0 spiro atoms. The van der Waals surface area contributed by atoms with Crippen molar-refractivity contribution in [2.45, 2.75) is 0 Å². The summed E-state index contributed by atoms with van der Waals surface area (Å²) in [5.74, 6) is -1.14. The predicted octanol–water partition coefficient (Wildman–Crippen LogP) is 3.40. The lowest BCUT2D eigenvalue weighted by atomic mass is 10.2. The molecule has 1 aromatic heterocycles. The van der Waals surface area contributed by atoms with Gasteiger partial charge in [0.25, 0.3) is 0 Å². The van der Waals surface area contributed by atoms with E-state index in [0.717, 1.165) is 4.70 Å². The van der Waals surface area contributed by atoms with Gasteiger partial charge in [0.2, 0.25) is 0 Å². The Balaban J connectivity index is 2.94. The second-order valence-electron chi connectivity index (χ2n) is 2.35. The lowest BCUT2D eigenvalue weighted by molar-refractivity contribution is 0.434. The molecule has 1 N–H and O–H groups in total. The maximum absolute atomic E-state index is 12.9. The van der Waals surface area contributed by atoms with Crippen molar-refractivity contribution in [2.24, 2.45) is 0 Å². The van der Waals surface area contributed by atoms with Crippen molar-refractivity contribution in [3.05, 3.63) is 28.4 Å². The molecule has 0 amide bonds. The Hall–Kier alpha value is -0.800. The molecule has 2 aromatic rings. The van der Waals surface area contributed by atoms with Crippen LogP contribution in [0.1, 0.15) is 0 Å². The van der Waals surface area contributed by atoms with Gasteiger partial charge < -0.3 is 5.11 Å². The molecular formula is C8H4ClFOS. The molecule has 1 nitrogen and oxygen atoms in total. The molecule has 0 saturated heterocycles. The van der Waals surface area contributed by atoms with E-state index in [2.05, 4.69) is 0 Å². The minimum Gasteiger partial charge on any atom is -0.504 e. The van der Waals surface area contributed by atoms with E-state index in [0.29, 0.717) is 5.39 Å². The highest BCUT2D eigenvalue weighted by molar-refractivity contribution is 7.17. The Morgan fingerprint density at radius 1 is 1.50 bits per heavy atom. The van der Waals surface area contributed by atoms with Crippen molar-refractivity contribution < 1.29 is 9.50 Å². The van der Waals surface area contributed by atoms with E-state index in [9.17, 15) is 4.39 Å². The SMILES string of the molecule is Oc1c(F)cc2sccc2c1Cl. The summed E-state index contributed by atoms with van der Waals surface area (Å²) in [5, 5.41) is 11.7. The summed E-state index contributed by atoms with van der Waals surface area (Å²) in [6.07, 6.45) is 0. The lowest BCUT2D eigenvalue weighted by Crippen LogP contribution is -1.76. The normalized spacial score (nSPS) is 10.8. The zero-order valence-corrected chi connectivity index (χ0v) is 7.42. The van der Waals surface area contributed by atoms with Crippen LogP contribution in [-0.2, 0) is 0 Å². The predicted molar refractivity (Wildman–Crippen MR) is 48.5 cm³/mol. The fraction of sp³-hybridized carbons (Fsp3) is 0. The quantitative estimate of drug-likeness (QED) is 0.694. The number of thiophene rings is 1. The van der Waals surface area contributed by atoms with Gasteiger partial charge in [-0.3, -0.25) is 0 Å². The second kappa shape index (κ2) is 2.61. The number of phenolic OH excluding ortho intramolecular Hbond substituents is 1. The van der Waals surface area contributed by atoms with E-state index >= 15 is 0 Å². The number of rotatable bonds is 0. The standard InChI is InChI=1S/C8H4ClFOS/c9-7-4-1-2-12-6(4)3-5(10)8(7)11/h1-3,11H. The maximum Gasteiger partial charge on any atom is 0.170 e.